The highest BCUT2D eigenvalue weighted by molar-refractivity contribution is 8.00. The molecule has 1 N–H and O–H groups in total. The van der Waals surface area contributed by atoms with Gasteiger partial charge in [-0.1, -0.05) is 17.7 Å². The Morgan fingerprint density at radius 2 is 1.96 bits per heavy atom. The fourth-order valence-electron chi connectivity index (χ4n) is 2.40. The molecule has 0 aromatic heterocycles. The van der Waals surface area contributed by atoms with Gasteiger partial charge in [0.05, 0.1) is 30.3 Å². The Kier molecular flexibility index (Phi) is 6.47. The highest BCUT2D eigenvalue weighted by Gasteiger charge is 2.27. The number of morpholine rings is 1. The predicted molar refractivity (Wildman–Crippen MR) is 93.7 cm³/mol. The van der Waals surface area contributed by atoms with Gasteiger partial charge in [0.1, 0.15) is 0 Å². The van der Waals surface area contributed by atoms with E-state index in [-0.39, 0.29) is 29.7 Å². The van der Waals surface area contributed by atoms with Crippen LogP contribution in [0.25, 0.3) is 0 Å². The number of ether oxygens (including phenoxy) is 1. The molecule has 1 heterocycles. The third-order valence-corrected chi connectivity index (χ3v) is 4.64. The zero-order chi connectivity index (χ0) is 16.8. The van der Waals surface area contributed by atoms with Gasteiger partial charge in [0.15, 0.2) is 0 Å². The summed E-state index contributed by atoms with van der Waals surface area (Å²) in [6.45, 7) is 7.15. The standard InChI is InChI=1S/C17H24N2O3S/c1-12-4-6-15(7-5-12)18-16(20)10-23-11-17(21)19-8-14(3)22-9-13(19)2/h4-7,13-14H,8-11H2,1-3H3,(H,18,20). The Labute approximate surface area is 141 Å². The molecule has 0 saturated carbocycles. The van der Waals surface area contributed by atoms with Crippen molar-refractivity contribution in [2.75, 3.05) is 30.0 Å². The van der Waals surface area contributed by atoms with E-state index in [1.165, 1.54) is 11.8 Å². The normalized spacial score (nSPS) is 21.1. The van der Waals surface area contributed by atoms with Crippen LogP contribution in [0.3, 0.4) is 0 Å². The van der Waals surface area contributed by atoms with E-state index < -0.39 is 0 Å². The lowest BCUT2D eigenvalue weighted by molar-refractivity contribution is -0.140. The zero-order valence-electron chi connectivity index (χ0n) is 13.9. The number of benzene rings is 1. The van der Waals surface area contributed by atoms with Gasteiger partial charge in [-0.05, 0) is 32.9 Å². The number of nitrogens with zero attached hydrogens (tertiary/aromatic N) is 1. The molecule has 2 amide bonds. The lowest BCUT2D eigenvalue weighted by Gasteiger charge is -2.36. The second kappa shape index (κ2) is 8.36. The molecule has 5 nitrogen and oxygen atoms in total. The number of carbonyl (C=O) groups excluding carboxylic acids is 2. The Balaban J connectivity index is 1.72. The third-order valence-electron chi connectivity index (χ3n) is 3.72. The van der Waals surface area contributed by atoms with E-state index in [2.05, 4.69) is 5.32 Å². The van der Waals surface area contributed by atoms with Crippen LogP contribution in [-0.4, -0.2) is 53.5 Å². The van der Waals surface area contributed by atoms with E-state index in [0.29, 0.717) is 18.9 Å². The van der Waals surface area contributed by atoms with Crippen LogP contribution in [0.4, 0.5) is 5.69 Å². The molecule has 1 aliphatic rings. The van der Waals surface area contributed by atoms with Gasteiger partial charge in [-0.15, -0.1) is 11.8 Å². The van der Waals surface area contributed by atoms with E-state index in [1.807, 2.05) is 49.9 Å². The van der Waals surface area contributed by atoms with Crippen LogP contribution < -0.4 is 5.32 Å². The van der Waals surface area contributed by atoms with Gasteiger partial charge in [0.2, 0.25) is 11.8 Å². The maximum absolute atomic E-state index is 12.2. The minimum Gasteiger partial charge on any atom is -0.375 e. The van der Waals surface area contributed by atoms with Crippen molar-refractivity contribution in [2.45, 2.75) is 32.9 Å². The number of amides is 2. The summed E-state index contributed by atoms with van der Waals surface area (Å²) in [5.41, 5.74) is 1.93. The molecule has 2 unspecified atom stereocenters. The van der Waals surface area contributed by atoms with E-state index >= 15 is 0 Å². The minimum atomic E-state index is -0.0879. The third kappa shape index (κ3) is 5.55. The molecule has 0 bridgehead atoms. The van der Waals surface area contributed by atoms with Gasteiger partial charge in [-0.3, -0.25) is 9.59 Å². The maximum atomic E-state index is 12.2. The van der Waals surface area contributed by atoms with Crippen LogP contribution in [0, 0.1) is 6.92 Å². The summed E-state index contributed by atoms with van der Waals surface area (Å²) in [6.07, 6.45) is 0.0741. The van der Waals surface area contributed by atoms with Crippen molar-refractivity contribution < 1.29 is 14.3 Å². The summed E-state index contributed by atoms with van der Waals surface area (Å²) in [6, 6.07) is 7.75. The van der Waals surface area contributed by atoms with E-state index in [0.717, 1.165) is 11.3 Å². The molecule has 1 aliphatic heterocycles. The predicted octanol–water partition coefficient (Wildman–Crippen LogP) is 2.30. The topological polar surface area (TPSA) is 58.6 Å². The molecule has 0 spiro atoms. The number of aryl methyl sites for hydroxylation is 1. The van der Waals surface area contributed by atoms with Gasteiger partial charge >= 0.3 is 0 Å². The molecule has 1 fully saturated rings. The number of carbonyl (C=O) groups is 2. The number of thioether (sulfide) groups is 1. The average Bonchev–Trinajstić information content (AvgIpc) is 2.52. The Hall–Kier alpha value is -1.53. The molecular formula is C17H24N2O3S. The second-order valence-electron chi connectivity index (χ2n) is 5.95. The second-order valence-corrected chi connectivity index (χ2v) is 6.93. The number of rotatable bonds is 5. The lowest BCUT2D eigenvalue weighted by atomic mass is 10.2. The van der Waals surface area contributed by atoms with Crippen LogP contribution in [0.2, 0.25) is 0 Å². The number of hydrogen-bond acceptors (Lipinski definition) is 4. The molecule has 23 heavy (non-hydrogen) atoms. The van der Waals surface area contributed by atoms with Crippen molar-refractivity contribution in [3.8, 4) is 0 Å². The molecule has 2 rings (SSSR count). The maximum Gasteiger partial charge on any atom is 0.234 e. The molecule has 0 radical (unpaired) electrons. The van der Waals surface area contributed by atoms with Crippen molar-refractivity contribution in [2.24, 2.45) is 0 Å². The van der Waals surface area contributed by atoms with Crippen molar-refractivity contribution in [1.29, 1.82) is 0 Å². The lowest BCUT2D eigenvalue weighted by Crippen LogP contribution is -2.50. The van der Waals surface area contributed by atoms with E-state index in [9.17, 15) is 9.59 Å². The molecule has 1 aromatic carbocycles. The molecular weight excluding hydrogens is 312 g/mol. The summed E-state index contributed by atoms with van der Waals surface area (Å²) < 4.78 is 5.52. The monoisotopic (exact) mass is 336 g/mol. The van der Waals surface area contributed by atoms with Crippen LogP contribution in [0.15, 0.2) is 24.3 Å². The Bertz CT molecular complexity index is 547. The van der Waals surface area contributed by atoms with Gasteiger partial charge in [-0.25, -0.2) is 0 Å². The van der Waals surface area contributed by atoms with Crippen molar-refractivity contribution >= 4 is 29.3 Å². The first kappa shape index (κ1) is 17.8. The van der Waals surface area contributed by atoms with Gasteiger partial charge in [-0.2, -0.15) is 0 Å². The number of anilines is 1. The quantitative estimate of drug-likeness (QED) is 0.896. The van der Waals surface area contributed by atoms with E-state index in [1.54, 1.807) is 0 Å². The van der Waals surface area contributed by atoms with Crippen LogP contribution in [0.1, 0.15) is 19.4 Å². The molecule has 2 atom stereocenters. The SMILES string of the molecule is Cc1ccc(NC(=O)CSCC(=O)N2CC(C)OCC2C)cc1. The first-order valence-electron chi connectivity index (χ1n) is 7.81. The van der Waals surface area contributed by atoms with Gasteiger partial charge < -0.3 is 15.0 Å². The smallest absolute Gasteiger partial charge is 0.234 e. The molecule has 0 aliphatic carbocycles. The summed E-state index contributed by atoms with van der Waals surface area (Å²) in [4.78, 5) is 26.0. The highest BCUT2D eigenvalue weighted by Crippen LogP contribution is 2.14. The van der Waals surface area contributed by atoms with Crippen molar-refractivity contribution in [3.05, 3.63) is 29.8 Å². The van der Waals surface area contributed by atoms with E-state index in [4.69, 9.17) is 4.74 Å². The Morgan fingerprint density at radius 1 is 1.26 bits per heavy atom. The average molecular weight is 336 g/mol. The minimum absolute atomic E-state index is 0.0702. The number of hydrogen-bond donors (Lipinski definition) is 1. The summed E-state index contributed by atoms with van der Waals surface area (Å²) >= 11 is 1.34. The van der Waals surface area contributed by atoms with Crippen molar-refractivity contribution in [1.82, 2.24) is 4.90 Å². The van der Waals surface area contributed by atoms with Crippen LogP contribution >= 0.6 is 11.8 Å². The van der Waals surface area contributed by atoms with Crippen molar-refractivity contribution in [3.63, 3.8) is 0 Å². The summed E-state index contributed by atoms with van der Waals surface area (Å²) in [7, 11) is 0. The first-order chi connectivity index (χ1) is 11.0. The fourth-order valence-corrected chi connectivity index (χ4v) is 3.10. The summed E-state index contributed by atoms with van der Waals surface area (Å²) in [5, 5.41) is 2.83. The highest BCUT2D eigenvalue weighted by atomic mass is 32.2. The fraction of sp³-hybridized carbons (Fsp3) is 0.529. The van der Waals surface area contributed by atoms with Crippen LogP contribution in [-0.2, 0) is 14.3 Å². The summed E-state index contributed by atoms with van der Waals surface area (Å²) in [5.74, 6) is 0.572. The largest absolute Gasteiger partial charge is 0.375 e. The zero-order valence-corrected chi connectivity index (χ0v) is 14.7. The van der Waals surface area contributed by atoms with Gasteiger partial charge in [0.25, 0.3) is 0 Å². The van der Waals surface area contributed by atoms with Gasteiger partial charge in [0, 0.05) is 12.2 Å². The first-order valence-corrected chi connectivity index (χ1v) is 8.96. The molecule has 1 aromatic rings. The number of nitrogens with one attached hydrogen (secondary N) is 1. The molecule has 6 heteroatoms. The molecule has 1 saturated heterocycles. The van der Waals surface area contributed by atoms with Crippen LogP contribution in [0.5, 0.6) is 0 Å². The Morgan fingerprint density at radius 3 is 2.65 bits per heavy atom. The molecule has 126 valence electrons.